The lowest BCUT2D eigenvalue weighted by Gasteiger charge is -2.12. The van der Waals surface area contributed by atoms with Crippen LogP contribution in [0.5, 0.6) is 17.2 Å². The van der Waals surface area contributed by atoms with Crippen LogP contribution in [0.3, 0.4) is 0 Å². The molecule has 1 heterocycles. The number of benzene rings is 2. The normalized spacial score (nSPS) is 10.2. The fraction of sp³-hybridized carbons (Fsp3) is 0.190. The van der Waals surface area contributed by atoms with Crippen LogP contribution in [0.25, 0.3) is 0 Å². The van der Waals surface area contributed by atoms with Gasteiger partial charge in [0.15, 0.2) is 0 Å². The molecule has 0 spiro atoms. The van der Waals surface area contributed by atoms with E-state index in [2.05, 4.69) is 20.6 Å². The number of nitrogens with one attached hydrogen (secondary N) is 2. The van der Waals surface area contributed by atoms with Crippen molar-refractivity contribution in [2.45, 2.75) is 6.92 Å². The van der Waals surface area contributed by atoms with Crippen LogP contribution in [-0.4, -0.2) is 36.7 Å². The molecule has 0 aliphatic heterocycles. The van der Waals surface area contributed by atoms with Crippen molar-refractivity contribution >= 4 is 23.2 Å². The largest absolute Gasteiger partial charge is 0.497 e. The van der Waals surface area contributed by atoms with Gasteiger partial charge in [0.2, 0.25) is 5.95 Å². The Bertz CT molecular complexity index is 977. The van der Waals surface area contributed by atoms with E-state index < -0.39 is 0 Å². The van der Waals surface area contributed by atoms with Crippen molar-refractivity contribution < 1.29 is 19.0 Å². The predicted octanol–water partition coefficient (Wildman–Crippen LogP) is 3.89. The van der Waals surface area contributed by atoms with E-state index in [9.17, 15) is 4.79 Å². The summed E-state index contributed by atoms with van der Waals surface area (Å²) in [6.45, 7) is 2.39. The second-order valence-electron chi connectivity index (χ2n) is 5.87. The number of nitrogens with zero attached hydrogens (tertiary/aromatic N) is 2. The summed E-state index contributed by atoms with van der Waals surface area (Å²) in [7, 11) is 3.15. The van der Waals surface area contributed by atoms with E-state index in [0.29, 0.717) is 46.7 Å². The van der Waals surface area contributed by atoms with Crippen molar-refractivity contribution in [2.75, 3.05) is 31.5 Å². The molecule has 3 aromatic rings. The molecule has 0 atom stereocenters. The van der Waals surface area contributed by atoms with Crippen molar-refractivity contribution in [3.05, 3.63) is 60.4 Å². The zero-order valence-corrected chi connectivity index (χ0v) is 16.4. The minimum atomic E-state index is -0.328. The first-order valence-corrected chi connectivity index (χ1v) is 8.99. The molecule has 1 amide bonds. The van der Waals surface area contributed by atoms with Crippen molar-refractivity contribution in [2.24, 2.45) is 0 Å². The lowest BCUT2D eigenvalue weighted by molar-refractivity contribution is 0.102. The summed E-state index contributed by atoms with van der Waals surface area (Å²) in [5.41, 5.74) is 1.59. The number of carbonyl (C=O) groups excluding carboxylic acids is 1. The molecule has 0 saturated carbocycles. The third-order valence-corrected chi connectivity index (χ3v) is 4.00. The van der Waals surface area contributed by atoms with E-state index in [-0.39, 0.29) is 5.91 Å². The minimum absolute atomic E-state index is 0.323. The molecule has 0 saturated heterocycles. The molecule has 29 heavy (non-hydrogen) atoms. The van der Waals surface area contributed by atoms with Gasteiger partial charge in [-0.3, -0.25) is 4.79 Å². The fourth-order valence-electron chi connectivity index (χ4n) is 2.58. The smallest absolute Gasteiger partial charge is 0.258 e. The van der Waals surface area contributed by atoms with Gasteiger partial charge in [-0.25, -0.2) is 9.97 Å². The summed E-state index contributed by atoms with van der Waals surface area (Å²) < 4.78 is 16.1. The standard InChI is InChI=1S/C21H22N4O4/c1-4-29-18-8-6-5-7-16(18)24-20(26)14-12-22-21(23-13-14)25-17-10-9-15(27-2)11-19(17)28-3/h5-13H,4H2,1-3H3,(H,24,26)(H,22,23,25). The van der Waals surface area contributed by atoms with Gasteiger partial charge in [-0.2, -0.15) is 0 Å². The van der Waals surface area contributed by atoms with Crippen molar-refractivity contribution in [3.63, 3.8) is 0 Å². The quantitative estimate of drug-likeness (QED) is 0.598. The number of hydrogen-bond acceptors (Lipinski definition) is 7. The van der Waals surface area contributed by atoms with Gasteiger partial charge >= 0.3 is 0 Å². The number of para-hydroxylation sites is 2. The van der Waals surface area contributed by atoms with E-state index in [4.69, 9.17) is 14.2 Å². The zero-order valence-electron chi connectivity index (χ0n) is 16.4. The molecule has 2 N–H and O–H groups in total. The molecular weight excluding hydrogens is 372 g/mol. The number of aromatic nitrogens is 2. The van der Waals surface area contributed by atoms with Crippen LogP contribution >= 0.6 is 0 Å². The second-order valence-corrected chi connectivity index (χ2v) is 5.87. The Labute approximate surface area is 168 Å². The van der Waals surface area contributed by atoms with Gasteiger partial charge in [-0.1, -0.05) is 12.1 Å². The van der Waals surface area contributed by atoms with E-state index in [1.54, 1.807) is 44.6 Å². The zero-order chi connectivity index (χ0) is 20.6. The SMILES string of the molecule is CCOc1ccccc1NC(=O)c1cnc(Nc2ccc(OC)cc2OC)nc1. The van der Waals surface area contributed by atoms with Crippen molar-refractivity contribution in [1.29, 1.82) is 0 Å². The highest BCUT2D eigenvalue weighted by molar-refractivity contribution is 6.04. The molecule has 0 bridgehead atoms. The maximum absolute atomic E-state index is 12.5. The van der Waals surface area contributed by atoms with E-state index >= 15 is 0 Å². The first-order valence-electron chi connectivity index (χ1n) is 8.99. The van der Waals surface area contributed by atoms with Crippen LogP contribution < -0.4 is 24.8 Å². The number of rotatable bonds is 8. The highest BCUT2D eigenvalue weighted by Crippen LogP contribution is 2.30. The number of hydrogen-bond donors (Lipinski definition) is 2. The Balaban J connectivity index is 1.71. The fourth-order valence-corrected chi connectivity index (χ4v) is 2.58. The molecule has 2 aromatic carbocycles. The van der Waals surface area contributed by atoms with Crippen LogP contribution in [0.4, 0.5) is 17.3 Å². The van der Waals surface area contributed by atoms with Crippen molar-refractivity contribution in [1.82, 2.24) is 9.97 Å². The van der Waals surface area contributed by atoms with Crippen molar-refractivity contribution in [3.8, 4) is 17.2 Å². The highest BCUT2D eigenvalue weighted by Gasteiger charge is 2.12. The van der Waals surface area contributed by atoms with Gasteiger partial charge in [0.1, 0.15) is 17.2 Å². The van der Waals surface area contributed by atoms with E-state index in [1.165, 1.54) is 12.4 Å². The first-order chi connectivity index (χ1) is 14.1. The molecule has 1 aromatic heterocycles. The number of anilines is 3. The number of carbonyl (C=O) groups is 1. The third kappa shape index (κ3) is 4.92. The van der Waals surface area contributed by atoms with Gasteiger partial charge in [0, 0.05) is 18.5 Å². The molecule has 0 unspecified atom stereocenters. The summed E-state index contributed by atoms with van der Waals surface area (Å²) >= 11 is 0. The van der Waals surface area contributed by atoms with Crippen LogP contribution in [0.15, 0.2) is 54.9 Å². The molecule has 150 valence electrons. The number of methoxy groups -OCH3 is 2. The Hall–Kier alpha value is -3.81. The highest BCUT2D eigenvalue weighted by atomic mass is 16.5. The first kappa shape index (κ1) is 19.9. The van der Waals surface area contributed by atoms with Crippen LogP contribution in [0.2, 0.25) is 0 Å². The Morgan fingerprint density at radius 1 is 0.966 bits per heavy atom. The molecule has 0 radical (unpaired) electrons. The van der Waals surface area contributed by atoms with E-state index in [1.807, 2.05) is 19.1 Å². The maximum Gasteiger partial charge on any atom is 0.258 e. The Morgan fingerprint density at radius 3 is 2.41 bits per heavy atom. The van der Waals surface area contributed by atoms with Gasteiger partial charge in [0.25, 0.3) is 5.91 Å². The summed E-state index contributed by atoms with van der Waals surface area (Å²) in [5.74, 6) is 1.87. The molecule has 3 rings (SSSR count). The van der Waals surface area contributed by atoms with Gasteiger partial charge in [-0.15, -0.1) is 0 Å². The van der Waals surface area contributed by atoms with Gasteiger partial charge in [0.05, 0.1) is 37.8 Å². The number of amides is 1. The summed E-state index contributed by atoms with van der Waals surface area (Å²) in [6, 6.07) is 12.6. The topological polar surface area (TPSA) is 94.6 Å². The van der Waals surface area contributed by atoms with Gasteiger partial charge in [-0.05, 0) is 31.2 Å². The van der Waals surface area contributed by atoms with Gasteiger partial charge < -0.3 is 24.8 Å². The molecule has 0 aliphatic carbocycles. The monoisotopic (exact) mass is 394 g/mol. The number of ether oxygens (including phenoxy) is 3. The van der Waals surface area contributed by atoms with Crippen LogP contribution in [-0.2, 0) is 0 Å². The van der Waals surface area contributed by atoms with Crippen LogP contribution in [0.1, 0.15) is 17.3 Å². The average Bonchev–Trinajstić information content (AvgIpc) is 2.76. The molecular formula is C21H22N4O4. The Kier molecular flexibility index (Phi) is 6.47. The summed E-state index contributed by atoms with van der Waals surface area (Å²) in [6.07, 6.45) is 2.90. The lowest BCUT2D eigenvalue weighted by atomic mass is 10.2. The molecule has 0 fully saturated rings. The second kappa shape index (κ2) is 9.41. The molecule has 0 aliphatic rings. The van der Waals surface area contributed by atoms with Crippen LogP contribution in [0, 0.1) is 0 Å². The third-order valence-electron chi connectivity index (χ3n) is 4.00. The molecule has 8 nitrogen and oxygen atoms in total. The summed E-state index contributed by atoms with van der Waals surface area (Å²) in [4.78, 5) is 20.9. The summed E-state index contributed by atoms with van der Waals surface area (Å²) in [5, 5.41) is 5.88. The average molecular weight is 394 g/mol. The maximum atomic E-state index is 12.5. The Morgan fingerprint density at radius 2 is 1.72 bits per heavy atom. The van der Waals surface area contributed by atoms with E-state index in [0.717, 1.165) is 0 Å². The predicted molar refractivity (Wildman–Crippen MR) is 110 cm³/mol. The lowest BCUT2D eigenvalue weighted by Crippen LogP contribution is -2.14. The molecule has 8 heteroatoms. The minimum Gasteiger partial charge on any atom is -0.497 e.